The molecule has 0 radical (unpaired) electrons. The second kappa shape index (κ2) is 5.60. The molecule has 1 N–H and O–H groups in total. The Bertz CT molecular complexity index is 707. The minimum absolute atomic E-state index is 0.0902. The van der Waals surface area contributed by atoms with Gasteiger partial charge in [0.1, 0.15) is 6.10 Å². The first kappa shape index (κ1) is 14.3. The Balaban J connectivity index is 1.87. The number of rotatable bonds is 5. The molecule has 1 aliphatic rings. The molecule has 0 bridgehead atoms. The molecule has 110 valence electrons. The van der Waals surface area contributed by atoms with Crippen molar-refractivity contribution in [1.29, 1.82) is 0 Å². The molecule has 0 aliphatic carbocycles. The zero-order valence-electron chi connectivity index (χ0n) is 11.7. The largest absolute Gasteiger partial charge is 0.371 e. The fourth-order valence-corrected chi connectivity index (χ4v) is 3.47. The number of ether oxygens (including phenoxy) is 1. The van der Waals surface area contributed by atoms with Crippen molar-refractivity contribution < 1.29 is 13.2 Å². The first-order valence-electron chi connectivity index (χ1n) is 6.82. The van der Waals surface area contributed by atoms with Crippen LogP contribution in [0.3, 0.4) is 0 Å². The molecule has 2 aromatic carbocycles. The fourth-order valence-electron chi connectivity index (χ4n) is 2.22. The van der Waals surface area contributed by atoms with Gasteiger partial charge in [-0.1, -0.05) is 48.0 Å². The van der Waals surface area contributed by atoms with Gasteiger partial charge in [-0.2, -0.15) is 0 Å². The van der Waals surface area contributed by atoms with Crippen LogP contribution in [0.15, 0.2) is 59.5 Å². The number of hydrogen-bond donors (Lipinski definition) is 1. The van der Waals surface area contributed by atoms with Crippen LogP contribution >= 0.6 is 0 Å². The maximum atomic E-state index is 12.5. The molecule has 0 spiro atoms. The predicted molar refractivity (Wildman–Crippen MR) is 80.4 cm³/mol. The highest BCUT2D eigenvalue weighted by atomic mass is 32.2. The van der Waals surface area contributed by atoms with Gasteiger partial charge in [-0.05, 0) is 24.6 Å². The van der Waals surface area contributed by atoms with Crippen molar-refractivity contribution in [2.24, 2.45) is 0 Å². The highest BCUT2D eigenvalue weighted by Gasteiger charge is 2.36. The van der Waals surface area contributed by atoms with Gasteiger partial charge in [0.05, 0.1) is 17.5 Å². The van der Waals surface area contributed by atoms with E-state index >= 15 is 0 Å². The average molecular weight is 303 g/mol. The molecule has 0 aromatic heterocycles. The maximum absolute atomic E-state index is 12.5. The first-order valence-corrected chi connectivity index (χ1v) is 8.30. The third-order valence-electron chi connectivity index (χ3n) is 3.50. The van der Waals surface area contributed by atoms with Crippen LogP contribution in [0.4, 0.5) is 0 Å². The zero-order valence-corrected chi connectivity index (χ0v) is 12.5. The Morgan fingerprint density at radius 2 is 1.71 bits per heavy atom. The lowest BCUT2D eigenvalue weighted by Gasteiger charge is -2.17. The van der Waals surface area contributed by atoms with Crippen LogP contribution in [0, 0.1) is 6.92 Å². The third kappa shape index (κ3) is 3.32. The second-order valence-corrected chi connectivity index (χ2v) is 6.91. The van der Waals surface area contributed by atoms with Crippen LogP contribution in [-0.4, -0.2) is 21.1 Å². The van der Waals surface area contributed by atoms with Crippen LogP contribution in [-0.2, 0) is 14.8 Å². The van der Waals surface area contributed by atoms with Gasteiger partial charge in [0, 0.05) is 0 Å². The van der Waals surface area contributed by atoms with Gasteiger partial charge < -0.3 is 4.74 Å². The summed E-state index contributed by atoms with van der Waals surface area (Å²) >= 11 is 0. The number of epoxide rings is 1. The molecule has 1 heterocycles. The fraction of sp³-hybridized carbons (Fsp3) is 0.250. The smallest absolute Gasteiger partial charge is 0.241 e. The van der Waals surface area contributed by atoms with Crippen LogP contribution in [0.2, 0.25) is 0 Å². The van der Waals surface area contributed by atoms with Gasteiger partial charge in [0.15, 0.2) is 0 Å². The summed E-state index contributed by atoms with van der Waals surface area (Å²) in [7, 11) is -3.56. The van der Waals surface area contributed by atoms with Crippen LogP contribution < -0.4 is 4.72 Å². The topological polar surface area (TPSA) is 58.7 Å². The normalized spacial score (nSPS) is 19.2. The molecule has 3 rings (SSSR count). The summed E-state index contributed by atoms with van der Waals surface area (Å²) in [5, 5.41) is 0. The Labute approximate surface area is 124 Å². The summed E-state index contributed by atoms with van der Waals surface area (Å²) in [6.07, 6.45) is -0.0902. The summed E-state index contributed by atoms with van der Waals surface area (Å²) in [6, 6.07) is 16.0. The molecule has 2 atom stereocenters. The molecule has 0 amide bonds. The highest BCUT2D eigenvalue weighted by molar-refractivity contribution is 7.89. The number of aryl methyl sites for hydroxylation is 1. The SMILES string of the molecule is Cc1ccc(S(=O)(=O)N[C@@H](c2ccccc2)[C@H]2CO2)cc1. The predicted octanol–water partition coefficient (Wildman–Crippen LogP) is 2.41. The van der Waals surface area contributed by atoms with E-state index in [-0.39, 0.29) is 17.0 Å². The second-order valence-electron chi connectivity index (χ2n) is 5.19. The summed E-state index contributed by atoms with van der Waals surface area (Å²) in [5.41, 5.74) is 1.94. The third-order valence-corrected chi connectivity index (χ3v) is 4.96. The van der Waals surface area contributed by atoms with Crippen molar-refractivity contribution in [2.45, 2.75) is 24.0 Å². The summed E-state index contributed by atoms with van der Waals surface area (Å²) in [6.45, 7) is 2.50. The lowest BCUT2D eigenvalue weighted by atomic mass is 10.1. The van der Waals surface area contributed by atoms with Crippen LogP contribution in [0.1, 0.15) is 17.2 Å². The summed E-state index contributed by atoms with van der Waals surface area (Å²) in [5.74, 6) is 0. The molecule has 0 unspecified atom stereocenters. The average Bonchev–Trinajstić information content (AvgIpc) is 3.31. The van der Waals surface area contributed by atoms with E-state index in [0.717, 1.165) is 11.1 Å². The number of hydrogen-bond acceptors (Lipinski definition) is 3. The van der Waals surface area contributed by atoms with E-state index in [2.05, 4.69) is 4.72 Å². The van der Waals surface area contributed by atoms with Gasteiger partial charge in [-0.25, -0.2) is 13.1 Å². The van der Waals surface area contributed by atoms with Crippen molar-refractivity contribution in [2.75, 3.05) is 6.61 Å². The molecule has 2 aromatic rings. The lowest BCUT2D eigenvalue weighted by molar-refractivity contribution is 0.364. The zero-order chi connectivity index (χ0) is 14.9. The minimum atomic E-state index is -3.56. The summed E-state index contributed by atoms with van der Waals surface area (Å²) in [4.78, 5) is 0.273. The van der Waals surface area contributed by atoms with Gasteiger partial charge in [0.25, 0.3) is 0 Å². The number of benzene rings is 2. The lowest BCUT2D eigenvalue weighted by Crippen LogP contribution is -2.32. The molecule has 4 nitrogen and oxygen atoms in total. The number of sulfonamides is 1. The molecule has 1 fully saturated rings. The molecular formula is C16H17NO3S. The van der Waals surface area contributed by atoms with E-state index in [1.165, 1.54) is 0 Å². The van der Waals surface area contributed by atoms with Crippen LogP contribution in [0.25, 0.3) is 0 Å². The van der Waals surface area contributed by atoms with Crippen molar-refractivity contribution in [3.05, 3.63) is 65.7 Å². The summed E-state index contributed by atoms with van der Waals surface area (Å²) < 4.78 is 33.0. The van der Waals surface area contributed by atoms with E-state index in [0.29, 0.717) is 6.61 Å². The maximum Gasteiger partial charge on any atom is 0.241 e. The standard InChI is InChI=1S/C16H17NO3S/c1-12-7-9-14(10-8-12)21(18,19)17-16(15-11-20-15)13-5-3-2-4-6-13/h2-10,15-17H,11H2,1H3/t15-,16+/m1/s1. The van der Waals surface area contributed by atoms with E-state index < -0.39 is 10.0 Å². The van der Waals surface area contributed by atoms with Gasteiger partial charge in [0.2, 0.25) is 10.0 Å². The minimum Gasteiger partial charge on any atom is -0.371 e. The highest BCUT2D eigenvalue weighted by Crippen LogP contribution is 2.29. The van der Waals surface area contributed by atoms with Crippen molar-refractivity contribution in [3.63, 3.8) is 0 Å². The molecule has 5 heteroatoms. The molecular weight excluding hydrogens is 286 g/mol. The van der Waals surface area contributed by atoms with Crippen LogP contribution in [0.5, 0.6) is 0 Å². The molecule has 0 saturated carbocycles. The van der Waals surface area contributed by atoms with E-state index in [4.69, 9.17) is 4.74 Å². The van der Waals surface area contributed by atoms with Crippen molar-refractivity contribution in [3.8, 4) is 0 Å². The molecule has 21 heavy (non-hydrogen) atoms. The number of nitrogens with one attached hydrogen (secondary N) is 1. The van der Waals surface area contributed by atoms with E-state index in [1.54, 1.807) is 24.3 Å². The van der Waals surface area contributed by atoms with Crippen molar-refractivity contribution >= 4 is 10.0 Å². The van der Waals surface area contributed by atoms with Gasteiger partial charge in [-0.15, -0.1) is 0 Å². The Morgan fingerprint density at radius 3 is 2.29 bits per heavy atom. The van der Waals surface area contributed by atoms with Crippen molar-refractivity contribution in [1.82, 2.24) is 4.72 Å². The monoisotopic (exact) mass is 303 g/mol. The van der Waals surface area contributed by atoms with Gasteiger partial charge >= 0.3 is 0 Å². The molecule has 1 aliphatic heterocycles. The van der Waals surface area contributed by atoms with Gasteiger partial charge in [-0.3, -0.25) is 0 Å². The van der Waals surface area contributed by atoms with E-state index in [9.17, 15) is 8.42 Å². The Kier molecular flexibility index (Phi) is 3.80. The molecule has 1 saturated heterocycles. The van der Waals surface area contributed by atoms with E-state index in [1.807, 2.05) is 37.3 Å². The first-order chi connectivity index (χ1) is 10.1. The Morgan fingerprint density at radius 1 is 1.10 bits per heavy atom. The quantitative estimate of drug-likeness (QED) is 0.863. The Hall–Kier alpha value is -1.69.